The molecular formula is C74H84N9O8P. The van der Waals surface area contributed by atoms with E-state index >= 15 is 0 Å². The number of hydrogen-bond donors (Lipinski definition) is 2. The summed E-state index contributed by atoms with van der Waals surface area (Å²) in [6.07, 6.45) is 8.02. The van der Waals surface area contributed by atoms with Crippen LogP contribution in [0.2, 0.25) is 0 Å². The van der Waals surface area contributed by atoms with Crippen molar-refractivity contribution >= 4 is 20.2 Å². The summed E-state index contributed by atoms with van der Waals surface area (Å²) in [7, 11) is 4.67. The summed E-state index contributed by atoms with van der Waals surface area (Å²) < 4.78 is 55.7. The van der Waals surface area contributed by atoms with E-state index in [0.29, 0.717) is 37.3 Å². The van der Waals surface area contributed by atoms with Gasteiger partial charge in [0.05, 0.1) is 78.8 Å². The lowest BCUT2D eigenvalue weighted by molar-refractivity contribution is -0.0353. The summed E-state index contributed by atoms with van der Waals surface area (Å²) in [5.41, 5.74) is 3.30. The molecule has 2 unspecified atom stereocenters. The fourth-order valence-electron chi connectivity index (χ4n) is 13.7. The van der Waals surface area contributed by atoms with Crippen molar-refractivity contribution in [2.24, 2.45) is 23.7 Å². The number of anilines is 2. The first-order valence-corrected chi connectivity index (χ1v) is 32.7. The van der Waals surface area contributed by atoms with Crippen LogP contribution in [0.3, 0.4) is 0 Å². The number of nitrogens with one attached hydrogen (secondary N) is 2. The van der Waals surface area contributed by atoms with E-state index in [1.54, 1.807) is 53.5 Å². The van der Waals surface area contributed by atoms with Gasteiger partial charge in [-0.3, -0.25) is 0 Å². The average molecular weight is 1260 g/mol. The largest absolute Gasteiger partial charge is 0.497 e. The minimum atomic E-state index is -1.98. The molecule has 2 heterocycles. The Kier molecular flexibility index (Phi) is 22.9. The molecule has 0 saturated heterocycles. The van der Waals surface area contributed by atoms with Crippen LogP contribution in [0.4, 0.5) is 11.6 Å². The van der Waals surface area contributed by atoms with Gasteiger partial charge in [-0.1, -0.05) is 109 Å². The smallest absolute Gasteiger partial charge is 0.259 e. The summed E-state index contributed by atoms with van der Waals surface area (Å²) in [6.45, 7) is 9.13. The van der Waals surface area contributed by atoms with Crippen LogP contribution in [0.5, 0.6) is 23.0 Å². The summed E-state index contributed by atoms with van der Waals surface area (Å²) in [5.74, 6) is 3.52. The number of nitriles is 2. The topological polar surface area (TPSA) is 200 Å². The van der Waals surface area contributed by atoms with Gasteiger partial charge in [-0.25, -0.2) is 24.6 Å². The van der Waals surface area contributed by atoms with E-state index in [9.17, 15) is 10.5 Å². The second-order valence-electron chi connectivity index (χ2n) is 24.1. The summed E-state index contributed by atoms with van der Waals surface area (Å²) in [5, 5.41) is 29.5. The fourth-order valence-corrected chi connectivity index (χ4v) is 15.6. The highest BCUT2D eigenvalue weighted by Gasteiger charge is 2.49. The van der Waals surface area contributed by atoms with E-state index in [1.807, 2.05) is 97.1 Å². The molecule has 478 valence electrons. The van der Waals surface area contributed by atoms with Gasteiger partial charge < -0.3 is 48.1 Å². The molecule has 2 saturated carbocycles. The maximum atomic E-state index is 11.0. The van der Waals surface area contributed by atoms with Crippen LogP contribution in [0.1, 0.15) is 99.6 Å². The first kappa shape index (κ1) is 66.4. The molecule has 2 fully saturated rings. The molecule has 0 bridgehead atoms. The number of hydrogen-bond acceptors (Lipinski definition) is 17. The van der Waals surface area contributed by atoms with Crippen LogP contribution in [-0.4, -0.2) is 103 Å². The van der Waals surface area contributed by atoms with Crippen molar-refractivity contribution < 1.29 is 37.5 Å². The average Bonchev–Trinajstić information content (AvgIpc) is 0.837. The molecule has 8 atom stereocenters. The third-order valence-corrected chi connectivity index (χ3v) is 20.2. The molecular weight excluding hydrogens is 1170 g/mol. The molecule has 18 heteroatoms. The summed E-state index contributed by atoms with van der Waals surface area (Å²) >= 11 is 0. The third-order valence-electron chi connectivity index (χ3n) is 18.0. The van der Waals surface area contributed by atoms with Crippen molar-refractivity contribution in [2.45, 2.75) is 114 Å². The predicted octanol–water partition coefficient (Wildman–Crippen LogP) is 14.6. The van der Waals surface area contributed by atoms with Crippen molar-refractivity contribution in [1.29, 1.82) is 10.5 Å². The first-order chi connectivity index (χ1) is 44.9. The molecule has 0 amide bonds. The summed E-state index contributed by atoms with van der Waals surface area (Å²) in [6, 6.07) is 61.4. The molecule has 10 rings (SSSR count). The lowest BCUT2D eigenvalue weighted by atomic mass is 9.79. The zero-order valence-corrected chi connectivity index (χ0v) is 54.6. The minimum Gasteiger partial charge on any atom is -0.497 e. The van der Waals surface area contributed by atoms with Crippen molar-refractivity contribution in [3.63, 3.8) is 0 Å². The van der Waals surface area contributed by atoms with Crippen molar-refractivity contribution in [3.8, 4) is 35.1 Å². The molecule has 0 radical (unpaired) electrons. The van der Waals surface area contributed by atoms with Gasteiger partial charge in [0.25, 0.3) is 8.53 Å². The normalized spacial score (nSPS) is 19.2. The lowest BCUT2D eigenvalue weighted by Gasteiger charge is -2.42. The maximum absolute atomic E-state index is 11.0. The third kappa shape index (κ3) is 15.3. The number of methoxy groups -OCH3 is 4. The van der Waals surface area contributed by atoms with Gasteiger partial charge in [0.15, 0.2) is 0 Å². The molecule has 0 spiro atoms. The van der Waals surface area contributed by atoms with Crippen LogP contribution >= 0.6 is 8.53 Å². The molecule has 2 aromatic heterocycles. The zero-order chi connectivity index (χ0) is 64.5. The van der Waals surface area contributed by atoms with Crippen LogP contribution in [0, 0.1) is 46.3 Å². The number of nitrogens with zero attached hydrogens (tertiary/aromatic N) is 7. The molecule has 92 heavy (non-hydrogen) atoms. The van der Waals surface area contributed by atoms with Gasteiger partial charge in [0.1, 0.15) is 58.5 Å². The van der Waals surface area contributed by atoms with Gasteiger partial charge in [-0.05, 0) is 171 Å². The molecule has 6 aromatic carbocycles. The predicted molar refractivity (Wildman–Crippen MR) is 357 cm³/mol. The van der Waals surface area contributed by atoms with E-state index < -0.39 is 31.9 Å². The number of benzene rings is 6. The van der Waals surface area contributed by atoms with Gasteiger partial charge >= 0.3 is 0 Å². The minimum absolute atomic E-state index is 0.0580. The van der Waals surface area contributed by atoms with E-state index in [-0.39, 0.29) is 73.9 Å². The number of aromatic nitrogens is 4. The Morgan fingerprint density at radius 1 is 0.467 bits per heavy atom. The Hall–Kier alpha value is -8.51. The molecule has 17 nitrogen and oxygen atoms in total. The Bertz CT molecular complexity index is 3280. The molecule has 0 aliphatic heterocycles. The van der Waals surface area contributed by atoms with Crippen LogP contribution in [0.25, 0.3) is 0 Å². The van der Waals surface area contributed by atoms with Gasteiger partial charge in [-0.2, -0.15) is 10.5 Å². The van der Waals surface area contributed by atoms with Gasteiger partial charge in [-0.15, -0.1) is 0 Å². The van der Waals surface area contributed by atoms with Gasteiger partial charge in [0, 0.05) is 36.6 Å². The first-order valence-electron chi connectivity index (χ1n) is 31.6. The van der Waals surface area contributed by atoms with Crippen LogP contribution < -0.4 is 29.6 Å². The standard InChI is InChI=1S/C74H84N9O8P/c1-51(2)83(52(3)4)92(90-69(35-39-75)67-45-61(81-71-37-41-77-49-79-71)43-53(67)47-88-73(55-15-11-9-12-16-55,57-19-27-63(84-5)28-20-57)58-21-29-64(85-6)30-22-58)91-70(36-40-76)68-46-62(82-72-38-42-78-50-80-72)44-54(68)48-89-74(56-17-13-10-14-18-56,59-23-31-65(86-7)32-24-59)60-25-33-66(87-8)34-26-60/h9-34,37-38,41-42,49-54,61-62,67-70H,35-36,43-48H2,1-8H3,(H,77,79,81)(H,78,80,82)/t53-,54-,61+,62+,67-,68-,69?,70?,92?/m0/s1. The van der Waals surface area contributed by atoms with Crippen LogP contribution in [-0.2, 0) is 29.7 Å². The maximum Gasteiger partial charge on any atom is 0.259 e. The second kappa shape index (κ2) is 31.7. The quantitative estimate of drug-likeness (QED) is 0.0307. The Labute approximate surface area is 543 Å². The van der Waals surface area contributed by atoms with Crippen molar-refractivity contribution in [3.05, 3.63) is 228 Å². The van der Waals surface area contributed by atoms with E-state index in [2.05, 4.69) is 148 Å². The second-order valence-corrected chi connectivity index (χ2v) is 25.5. The molecule has 2 aliphatic carbocycles. The van der Waals surface area contributed by atoms with E-state index in [0.717, 1.165) is 56.4 Å². The van der Waals surface area contributed by atoms with E-state index in [4.69, 9.17) is 37.5 Å². The molecule has 8 aromatic rings. The lowest BCUT2D eigenvalue weighted by Crippen LogP contribution is -2.40. The number of ether oxygens (including phenoxy) is 6. The van der Waals surface area contributed by atoms with Crippen molar-refractivity contribution in [1.82, 2.24) is 24.6 Å². The number of rotatable bonds is 31. The summed E-state index contributed by atoms with van der Waals surface area (Å²) in [4.78, 5) is 17.6. The Balaban J connectivity index is 1.03. The zero-order valence-electron chi connectivity index (χ0n) is 53.7. The fraction of sp³-hybridized carbons (Fsp3) is 0.378. The molecule has 2 aliphatic rings. The highest BCUT2D eigenvalue weighted by molar-refractivity contribution is 7.44. The Morgan fingerprint density at radius 2 is 0.793 bits per heavy atom. The highest BCUT2D eigenvalue weighted by atomic mass is 31.2. The highest BCUT2D eigenvalue weighted by Crippen LogP contribution is 2.55. The van der Waals surface area contributed by atoms with Gasteiger partial charge in [0.2, 0.25) is 0 Å². The molecule has 2 N–H and O–H groups in total. The Morgan fingerprint density at radius 3 is 1.08 bits per heavy atom. The van der Waals surface area contributed by atoms with Crippen molar-refractivity contribution in [2.75, 3.05) is 52.3 Å². The van der Waals surface area contributed by atoms with E-state index in [1.165, 1.54) is 0 Å². The van der Waals surface area contributed by atoms with Crippen LogP contribution in [0.15, 0.2) is 195 Å². The SMILES string of the molecule is COc1ccc(C(OC[C@@H]2C[C@@H](Nc3ccncn3)C[C@@H]2C(CC#N)OP(OC(CC#N)[C@H]2C[C@H](Nc3ccncn3)C[C@H]2COC(c2ccccc2)(c2ccc(OC)cc2)c2ccc(OC)cc2)N(C(C)C)C(C)C)(c2ccccc2)c2ccc(OC)cc2)cc1. The monoisotopic (exact) mass is 1260 g/mol.